The van der Waals surface area contributed by atoms with Crippen molar-refractivity contribution in [3.05, 3.63) is 53.9 Å². The molecule has 174 valence electrons. The van der Waals surface area contributed by atoms with Gasteiger partial charge in [-0.2, -0.15) is 27.1 Å². The maximum absolute atomic E-state index is 13.0. The van der Waals surface area contributed by atoms with Crippen molar-refractivity contribution in [2.75, 3.05) is 6.61 Å². The van der Waals surface area contributed by atoms with E-state index in [9.17, 15) is 26.7 Å². The normalized spacial score (nSPS) is 12.0. The molecule has 4 aromatic rings. The van der Waals surface area contributed by atoms with E-state index >= 15 is 0 Å². The van der Waals surface area contributed by atoms with E-state index in [1.807, 2.05) is 0 Å². The first-order valence-electron chi connectivity index (χ1n) is 9.63. The highest BCUT2D eigenvalue weighted by Gasteiger charge is 2.32. The summed E-state index contributed by atoms with van der Waals surface area (Å²) in [6.45, 7) is -1.43. The standard InChI is InChI=1S/C21H16F5N3O4/c1-2-31-18(30)9-14-13-5-4-12(8-15(13)29-10-27-28-19(14)29)32-16-6-3-11(21(24,25)26)7-17(16)33-20(22)23/h3-8,10,20,28H,2,9H2,1H3. The smallest absolute Gasteiger partial charge is 0.416 e. The van der Waals surface area contributed by atoms with Gasteiger partial charge in [-0.15, -0.1) is 0 Å². The van der Waals surface area contributed by atoms with Crippen molar-refractivity contribution < 1.29 is 41.0 Å². The molecule has 0 radical (unpaired) electrons. The summed E-state index contributed by atoms with van der Waals surface area (Å²) in [6, 6.07) is 6.72. The van der Waals surface area contributed by atoms with Gasteiger partial charge in [-0.1, -0.05) is 0 Å². The van der Waals surface area contributed by atoms with Gasteiger partial charge in [0.15, 0.2) is 11.5 Å². The third-order valence-electron chi connectivity index (χ3n) is 4.77. The molecule has 0 atom stereocenters. The maximum Gasteiger partial charge on any atom is 0.416 e. The number of nitrogens with one attached hydrogen (secondary N) is 1. The third-order valence-corrected chi connectivity index (χ3v) is 4.77. The summed E-state index contributed by atoms with van der Waals surface area (Å²) in [5, 5.41) is 7.43. The molecule has 4 rings (SSSR count). The Bertz CT molecular complexity index is 1310. The number of fused-ring (bicyclic) bond motifs is 3. The number of benzene rings is 2. The summed E-state index contributed by atoms with van der Waals surface area (Å²) in [4.78, 5) is 12.0. The SMILES string of the molecule is CCOC(=O)Cc1c2ccc(Oc3ccc(C(F)(F)F)cc3OC(F)F)cc2n2cn[nH]c12. The molecule has 0 fully saturated rings. The number of aromatic nitrogens is 3. The molecule has 0 bridgehead atoms. The lowest BCUT2D eigenvalue weighted by molar-refractivity contribution is -0.142. The van der Waals surface area contributed by atoms with Gasteiger partial charge in [0.05, 0.1) is 24.1 Å². The van der Waals surface area contributed by atoms with E-state index < -0.39 is 30.1 Å². The zero-order valence-electron chi connectivity index (χ0n) is 17.0. The summed E-state index contributed by atoms with van der Waals surface area (Å²) in [5.74, 6) is -1.37. The summed E-state index contributed by atoms with van der Waals surface area (Å²) >= 11 is 0. The molecule has 1 N–H and O–H groups in total. The molecule has 0 unspecified atom stereocenters. The van der Waals surface area contributed by atoms with Crippen molar-refractivity contribution >= 4 is 22.5 Å². The summed E-state index contributed by atoms with van der Waals surface area (Å²) in [5.41, 5.74) is 0.588. The first-order chi connectivity index (χ1) is 15.7. The van der Waals surface area contributed by atoms with E-state index in [-0.39, 0.29) is 24.5 Å². The van der Waals surface area contributed by atoms with Gasteiger partial charge >= 0.3 is 18.8 Å². The van der Waals surface area contributed by atoms with Crippen LogP contribution >= 0.6 is 0 Å². The fourth-order valence-corrected chi connectivity index (χ4v) is 3.43. The molecule has 0 spiro atoms. The van der Waals surface area contributed by atoms with Gasteiger partial charge in [0.2, 0.25) is 0 Å². The predicted molar refractivity (Wildman–Crippen MR) is 106 cm³/mol. The highest BCUT2D eigenvalue weighted by Crippen LogP contribution is 2.39. The first kappa shape index (κ1) is 22.4. The number of H-pyrrole nitrogens is 1. The van der Waals surface area contributed by atoms with Gasteiger partial charge in [-0.05, 0) is 37.3 Å². The maximum atomic E-state index is 13.0. The topological polar surface area (TPSA) is 77.8 Å². The van der Waals surface area contributed by atoms with Crippen LogP contribution in [0.1, 0.15) is 18.1 Å². The molecule has 12 heteroatoms. The molecule has 2 aromatic carbocycles. The molecule has 2 heterocycles. The van der Waals surface area contributed by atoms with Crippen LogP contribution in [-0.2, 0) is 22.1 Å². The van der Waals surface area contributed by atoms with Crippen LogP contribution in [0.2, 0.25) is 0 Å². The Hall–Kier alpha value is -3.83. The Morgan fingerprint density at radius 1 is 1.15 bits per heavy atom. The molecule has 0 aliphatic carbocycles. The number of aromatic amines is 1. The number of esters is 1. The molecule has 0 saturated heterocycles. The number of rotatable bonds is 7. The molecule has 7 nitrogen and oxygen atoms in total. The van der Waals surface area contributed by atoms with Crippen molar-refractivity contribution in [1.82, 2.24) is 14.6 Å². The number of hydrogen-bond donors (Lipinski definition) is 1. The Kier molecular flexibility index (Phi) is 5.83. The highest BCUT2D eigenvalue weighted by atomic mass is 19.4. The third kappa shape index (κ3) is 4.54. The average molecular weight is 469 g/mol. The Morgan fingerprint density at radius 3 is 2.64 bits per heavy atom. The lowest BCUT2D eigenvalue weighted by Gasteiger charge is -2.15. The zero-order chi connectivity index (χ0) is 23.8. The Morgan fingerprint density at radius 2 is 1.94 bits per heavy atom. The molecular formula is C21H16F5N3O4. The molecule has 0 saturated carbocycles. The van der Waals surface area contributed by atoms with Crippen molar-refractivity contribution in [3.63, 3.8) is 0 Å². The minimum absolute atomic E-state index is 0.0193. The van der Waals surface area contributed by atoms with Crippen LogP contribution in [-0.4, -0.2) is 33.8 Å². The van der Waals surface area contributed by atoms with E-state index in [4.69, 9.17) is 9.47 Å². The number of halogens is 5. The molecule has 0 amide bonds. The lowest BCUT2D eigenvalue weighted by atomic mass is 10.1. The highest BCUT2D eigenvalue weighted by molar-refractivity contribution is 5.95. The van der Waals surface area contributed by atoms with Gasteiger partial charge in [0.1, 0.15) is 17.7 Å². The van der Waals surface area contributed by atoms with Crippen LogP contribution in [0, 0.1) is 0 Å². The van der Waals surface area contributed by atoms with Crippen molar-refractivity contribution in [2.45, 2.75) is 26.1 Å². The Balaban J connectivity index is 1.72. The molecule has 0 aliphatic rings. The quantitative estimate of drug-likeness (QED) is 0.292. The number of carbonyl (C=O) groups is 1. The minimum Gasteiger partial charge on any atom is -0.466 e. The second-order valence-corrected chi connectivity index (χ2v) is 6.85. The van der Waals surface area contributed by atoms with Crippen molar-refractivity contribution in [3.8, 4) is 17.2 Å². The molecule has 2 aromatic heterocycles. The summed E-state index contributed by atoms with van der Waals surface area (Å²) in [6.07, 6.45) is -3.29. The predicted octanol–water partition coefficient (Wildman–Crippen LogP) is 5.33. The van der Waals surface area contributed by atoms with Crippen LogP contribution in [0.4, 0.5) is 22.0 Å². The second-order valence-electron chi connectivity index (χ2n) is 6.85. The van der Waals surface area contributed by atoms with Gasteiger partial charge in [-0.25, -0.2) is 0 Å². The van der Waals surface area contributed by atoms with E-state index in [0.717, 1.165) is 6.07 Å². The largest absolute Gasteiger partial charge is 0.466 e. The first-order valence-corrected chi connectivity index (χ1v) is 9.63. The van der Waals surface area contributed by atoms with Crippen molar-refractivity contribution in [2.24, 2.45) is 0 Å². The van der Waals surface area contributed by atoms with Crippen LogP contribution in [0.5, 0.6) is 17.2 Å². The van der Waals surface area contributed by atoms with Crippen molar-refractivity contribution in [1.29, 1.82) is 0 Å². The second kappa shape index (κ2) is 8.60. The zero-order valence-corrected chi connectivity index (χ0v) is 17.0. The van der Waals surface area contributed by atoms with Crippen LogP contribution in [0.15, 0.2) is 42.7 Å². The lowest BCUT2D eigenvalue weighted by Crippen LogP contribution is -2.08. The number of alkyl halides is 5. The van der Waals surface area contributed by atoms with E-state index in [2.05, 4.69) is 14.9 Å². The average Bonchev–Trinajstić information content (AvgIpc) is 3.31. The van der Waals surface area contributed by atoms with Crippen LogP contribution in [0.3, 0.4) is 0 Å². The van der Waals surface area contributed by atoms with E-state index in [1.165, 1.54) is 18.5 Å². The number of carbonyl (C=O) groups excluding carboxylic acids is 1. The van der Waals surface area contributed by atoms with Crippen LogP contribution < -0.4 is 9.47 Å². The molecule has 33 heavy (non-hydrogen) atoms. The number of nitrogens with zero attached hydrogens (tertiary/aromatic N) is 2. The number of hydrogen-bond acceptors (Lipinski definition) is 5. The monoisotopic (exact) mass is 469 g/mol. The minimum atomic E-state index is -4.74. The molecule has 0 aliphatic heterocycles. The number of ether oxygens (including phenoxy) is 3. The Labute approximate surface area is 182 Å². The summed E-state index contributed by atoms with van der Waals surface area (Å²) in [7, 11) is 0. The fraction of sp³-hybridized carbons (Fsp3) is 0.238. The molecular weight excluding hydrogens is 453 g/mol. The van der Waals surface area contributed by atoms with E-state index in [1.54, 1.807) is 17.4 Å². The summed E-state index contributed by atoms with van der Waals surface area (Å²) < 4.78 is 80.9. The van der Waals surface area contributed by atoms with Gasteiger partial charge in [0.25, 0.3) is 0 Å². The van der Waals surface area contributed by atoms with Gasteiger partial charge in [0, 0.05) is 17.0 Å². The van der Waals surface area contributed by atoms with Crippen LogP contribution in [0.25, 0.3) is 16.6 Å². The van der Waals surface area contributed by atoms with Gasteiger partial charge in [-0.3, -0.25) is 14.3 Å². The van der Waals surface area contributed by atoms with Gasteiger partial charge < -0.3 is 14.2 Å². The van der Waals surface area contributed by atoms with E-state index in [0.29, 0.717) is 34.2 Å². The fourth-order valence-electron chi connectivity index (χ4n) is 3.43.